The summed E-state index contributed by atoms with van der Waals surface area (Å²) in [6, 6.07) is 16.5. The monoisotopic (exact) mass is 261 g/mol. The van der Waals surface area contributed by atoms with Crippen molar-refractivity contribution < 1.29 is 4.74 Å². The Morgan fingerprint density at radius 2 is 2.00 bits per heavy atom. The van der Waals surface area contributed by atoms with Crippen molar-refractivity contribution in [2.24, 2.45) is 0 Å². The molecule has 0 aliphatic heterocycles. The summed E-state index contributed by atoms with van der Waals surface area (Å²) in [4.78, 5) is 4.28. The fraction of sp³-hybridized carbons (Fsp3) is 0. The summed E-state index contributed by atoms with van der Waals surface area (Å²) in [5.41, 5.74) is 7.70. The fourth-order valence-electron chi connectivity index (χ4n) is 1.93. The van der Waals surface area contributed by atoms with Gasteiger partial charge in [0.25, 0.3) is 0 Å². The molecule has 2 aromatic carbocycles. The number of nitrogens with two attached hydrogens (primary N) is 1. The highest BCUT2D eigenvalue weighted by Gasteiger charge is 2.05. The smallest absolute Gasteiger partial charge is 0.151 e. The summed E-state index contributed by atoms with van der Waals surface area (Å²) < 4.78 is 5.74. The van der Waals surface area contributed by atoms with Crippen LogP contribution >= 0.6 is 0 Å². The third-order valence-corrected chi connectivity index (χ3v) is 2.95. The summed E-state index contributed by atoms with van der Waals surface area (Å²) in [7, 11) is 0. The second-order valence-electron chi connectivity index (χ2n) is 4.32. The number of anilines is 1. The summed E-state index contributed by atoms with van der Waals surface area (Å²) in [6.45, 7) is 0. The standard InChI is InChI=1S/C16H11N3O/c17-10-11-3-6-14(18)16(8-11)20-13-5-4-12-2-1-7-19-15(12)9-13/h1-9H,18H2. The van der Waals surface area contributed by atoms with Crippen molar-refractivity contribution >= 4 is 16.6 Å². The number of pyridine rings is 1. The minimum Gasteiger partial charge on any atom is -0.455 e. The minimum atomic E-state index is 0.472. The molecule has 2 N–H and O–H groups in total. The van der Waals surface area contributed by atoms with Gasteiger partial charge < -0.3 is 10.5 Å². The maximum absolute atomic E-state index is 8.90. The molecule has 1 aromatic heterocycles. The van der Waals surface area contributed by atoms with Gasteiger partial charge in [-0.05, 0) is 30.3 Å². The Labute approximate surface area is 116 Å². The van der Waals surface area contributed by atoms with Crippen LogP contribution in [0.4, 0.5) is 5.69 Å². The lowest BCUT2D eigenvalue weighted by molar-refractivity contribution is 0.485. The molecule has 4 heteroatoms. The van der Waals surface area contributed by atoms with Crippen molar-refractivity contribution in [3.8, 4) is 17.6 Å². The van der Waals surface area contributed by atoms with E-state index < -0.39 is 0 Å². The number of nitrogens with zero attached hydrogens (tertiary/aromatic N) is 2. The van der Waals surface area contributed by atoms with E-state index in [1.54, 1.807) is 24.4 Å². The molecule has 3 aromatic rings. The highest BCUT2D eigenvalue weighted by molar-refractivity contribution is 5.79. The van der Waals surface area contributed by atoms with E-state index in [-0.39, 0.29) is 0 Å². The number of rotatable bonds is 2. The lowest BCUT2D eigenvalue weighted by Gasteiger charge is -2.09. The van der Waals surface area contributed by atoms with Gasteiger partial charge in [0.2, 0.25) is 0 Å². The van der Waals surface area contributed by atoms with Crippen molar-refractivity contribution in [3.05, 3.63) is 60.3 Å². The normalized spacial score (nSPS) is 10.2. The van der Waals surface area contributed by atoms with Crippen LogP contribution in [0.15, 0.2) is 54.7 Å². The van der Waals surface area contributed by atoms with Crippen LogP contribution in [0.25, 0.3) is 10.9 Å². The fourth-order valence-corrected chi connectivity index (χ4v) is 1.93. The molecular formula is C16H11N3O. The topological polar surface area (TPSA) is 71.9 Å². The lowest BCUT2D eigenvalue weighted by Crippen LogP contribution is -1.93. The molecule has 0 saturated carbocycles. The molecule has 0 fully saturated rings. The number of nitriles is 1. The Morgan fingerprint density at radius 3 is 2.85 bits per heavy atom. The van der Waals surface area contributed by atoms with Gasteiger partial charge in [-0.15, -0.1) is 0 Å². The maximum atomic E-state index is 8.90. The van der Waals surface area contributed by atoms with Crippen LogP contribution in [0.1, 0.15) is 5.56 Å². The first-order valence-corrected chi connectivity index (χ1v) is 6.08. The molecule has 4 nitrogen and oxygen atoms in total. The van der Waals surface area contributed by atoms with Gasteiger partial charge in [0.1, 0.15) is 5.75 Å². The SMILES string of the molecule is N#Cc1ccc(N)c(Oc2ccc3cccnc3c2)c1. The first-order valence-electron chi connectivity index (χ1n) is 6.08. The quantitative estimate of drug-likeness (QED) is 0.717. The molecule has 0 saturated heterocycles. The van der Waals surface area contributed by atoms with Gasteiger partial charge in [-0.25, -0.2) is 0 Å². The first kappa shape index (κ1) is 12.0. The zero-order valence-electron chi connectivity index (χ0n) is 10.6. The van der Waals surface area contributed by atoms with E-state index in [9.17, 15) is 0 Å². The largest absolute Gasteiger partial charge is 0.455 e. The number of benzene rings is 2. The zero-order valence-corrected chi connectivity index (χ0v) is 10.6. The van der Waals surface area contributed by atoms with Crippen molar-refractivity contribution in [3.63, 3.8) is 0 Å². The number of fused-ring (bicyclic) bond motifs is 1. The average Bonchev–Trinajstić information content (AvgIpc) is 2.49. The lowest BCUT2D eigenvalue weighted by atomic mass is 10.2. The number of ether oxygens (including phenoxy) is 1. The molecule has 0 amide bonds. The maximum Gasteiger partial charge on any atom is 0.151 e. The molecule has 0 radical (unpaired) electrons. The molecule has 96 valence electrons. The Bertz CT molecular complexity index is 821. The molecule has 0 aliphatic rings. The van der Waals surface area contributed by atoms with Crippen molar-refractivity contribution in [1.82, 2.24) is 4.98 Å². The summed E-state index contributed by atoms with van der Waals surface area (Å²) >= 11 is 0. The molecule has 1 heterocycles. The average molecular weight is 261 g/mol. The van der Waals surface area contributed by atoms with Gasteiger partial charge in [-0.1, -0.05) is 6.07 Å². The predicted molar refractivity (Wildman–Crippen MR) is 77.4 cm³/mol. The van der Waals surface area contributed by atoms with Crippen molar-refractivity contribution in [2.75, 3.05) is 5.73 Å². The Hall–Kier alpha value is -3.06. The molecule has 0 unspecified atom stereocenters. The van der Waals surface area contributed by atoms with Crippen molar-refractivity contribution in [1.29, 1.82) is 5.26 Å². The minimum absolute atomic E-state index is 0.472. The van der Waals surface area contributed by atoms with Crippen LogP contribution in [-0.2, 0) is 0 Å². The van der Waals surface area contributed by atoms with Gasteiger partial charge in [-0.3, -0.25) is 4.98 Å². The number of aromatic nitrogens is 1. The number of nitrogen functional groups attached to an aromatic ring is 1. The summed E-state index contributed by atoms with van der Waals surface area (Å²) in [5.74, 6) is 1.11. The second kappa shape index (κ2) is 4.90. The van der Waals surface area contributed by atoms with Crippen LogP contribution < -0.4 is 10.5 Å². The van der Waals surface area contributed by atoms with Crippen molar-refractivity contribution in [2.45, 2.75) is 0 Å². The Morgan fingerprint density at radius 1 is 1.10 bits per heavy atom. The van der Waals surface area contributed by atoms with Gasteiger partial charge in [-0.2, -0.15) is 5.26 Å². The highest BCUT2D eigenvalue weighted by atomic mass is 16.5. The molecule has 0 bridgehead atoms. The van der Waals surface area contributed by atoms with Gasteiger partial charge in [0.15, 0.2) is 5.75 Å². The van der Waals surface area contributed by atoms with Gasteiger partial charge in [0.05, 0.1) is 22.8 Å². The Kier molecular flexibility index (Phi) is 2.94. The zero-order chi connectivity index (χ0) is 13.9. The molecular weight excluding hydrogens is 250 g/mol. The van der Waals surface area contributed by atoms with Crippen LogP contribution in [-0.4, -0.2) is 4.98 Å². The van der Waals surface area contributed by atoms with Crippen LogP contribution in [0, 0.1) is 11.3 Å². The van der Waals surface area contributed by atoms with Crippen LogP contribution in [0.3, 0.4) is 0 Å². The van der Waals surface area contributed by atoms with Crippen LogP contribution in [0.2, 0.25) is 0 Å². The van der Waals surface area contributed by atoms with E-state index in [0.717, 1.165) is 10.9 Å². The Balaban J connectivity index is 1.99. The van der Waals surface area contributed by atoms with E-state index in [0.29, 0.717) is 22.7 Å². The van der Waals surface area contributed by atoms with Gasteiger partial charge in [0, 0.05) is 23.7 Å². The first-order chi connectivity index (χ1) is 9.76. The summed E-state index contributed by atoms with van der Waals surface area (Å²) in [6.07, 6.45) is 1.73. The third kappa shape index (κ3) is 2.25. The molecule has 0 atom stereocenters. The molecule has 0 spiro atoms. The number of hydrogen-bond acceptors (Lipinski definition) is 4. The van der Waals surface area contributed by atoms with E-state index in [1.807, 2.05) is 30.3 Å². The molecule has 0 aliphatic carbocycles. The third-order valence-electron chi connectivity index (χ3n) is 2.95. The molecule has 3 rings (SSSR count). The van der Waals surface area contributed by atoms with E-state index in [4.69, 9.17) is 15.7 Å². The highest BCUT2D eigenvalue weighted by Crippen LogP contribution is 2.29. The summed E-state index contributed by atoms with van der Waals surface area (Å²) in [5, 5.41) is 9.94. The second-order valence-corrected chi connectivity index (χ2v) is 4.32. The van der Waals surface area contributed by atoms with Gasteiger partial charge >= 0.3 is 0 Å². The van der Waals surface area contributed by atoms with E-state index >= 15 is 0 Å². The predicted octanol–water partition coefficient (Wildman–Crippen LogP) is 3.48. The van der Waals surface area contributed by atoms with E-state index in [1.165, 1.54) is 0 Å². The van der Waals surface area contributed by atoms with E-state index in [2.05, 4.69) is 11.1 Å². The number of hydrogen-bond donors (Lipinski definition) is 1. The van der Waals surface area contributed by atoms with Crippen LogP contribution in [0.5, 0.6) is 11.5 Å². The molecule has 20 heavy (non-hydrogen) atoms.